The van der Waals surface area contributed by atoms with E-state index in [2.05, 4.69) is 0 Å². The predicted molar refractivity (Wildman–Crippen MR) is 84.4 cm³/mol. The van der Waals surface area contributed by atoms with Crippen LogP contribution in [0.5, 0.6) is 5.75 Å². The summed E-state index contributed by atoms with van der Waals surface area (Å²) < 4.78 is 32.2. The van der Waals surface area contributed by atoms with E-state index in [1.807, 2.05) is 6.92 Å². The van der Waals surface area contributed by atoms with Crippen molar-refractivity contribution in [2.45, 2.75) is 31.1 Å². The summed E-state index contributed by atoms with van der Waals surface area (Å²) in [6, 6.07) is 6.62. The molecule has 0 amide bonds. The average Bonchev–Trinajstić information content (AvgIpc) is 3.29. The minimum absolute atomic E-state index is 0.328. The van der Waals surface area contributed by atoms with Crippen molar-refractivity contribution in [3.05, 3.63) is 24.3 Å². The number of hydrogen-bond donors (Lipinski definition) is 0. The molecule has 21 heavy (non-hydrogen) atoms. The number of sulfonamides is 1. The molecular weight excluding hydrogens is 310 g/mol. The van der Waals surface area contributed by atoms with Crippen molar-refractivity contribution < 1.29 is 13.2 Å². The molecule has 0 spiro atoms. The van der Waals surface area contributed by atoms with Crippen molar-refractivity contribution in [3.8, 4) is 5.75 Å². The molecule has 0 atom stereocenters. The first-order chi connectivity index (χ1) is 10.1. The molecule has 0 aromatic heterocycles. The maximum absolute atomic E-state index is 12.6. The highest BCUT2D eigenvalue weighted by Crippen LogP contribution is 2.31. The fraction of sp³-hybridized carbons (Fsp3) is 0.600. The first-order valence-corrected chi connectivity index (χ1v) is 9.34. The van der Waals surface area contributed by atoms with Crippen LogP contribution in [0.1, 0.15) is 26.2 Å². The van der Waals surface area contributed by atoms with Crippen LogP contribution in [0.3, 0.4) is 0 Å². The van der Waals surface area contributed by atoms with Crippen molar-refractivity contribution in [1.29, 1.82) is 0 Å². The van der Waals surface area contributed by atoms with E-state index in [0.29, 0.717) is 42.1 Å². The lowest BCUT2D eigenvalue weighted by molar-refractivity contribution is 0.318. The van der Waals surface area contributed by atoms with Crippen molar-refractivity contribution in [3.63, 3.8) is 0 Å². The molecule has 0 heterocycles. The Bertz CT molecular complexity index is 541. The molecule has 1 aliphatic rings. The smallest absolute Gasteiger partial charge is 0.243 e. The normalized spacial score (nSPS) is 15.4. The Morgan fingerprint density at radius 3 is 2.48 bits per heavy atom. The molecule has 2 rings (SSSR count). The standard InChI is InChI=1S/C15H22ClNO3S/c1-2-17(12-13-4-5-13)21(18,19)15-8-6-14(7-9-15)20-11-3-10-16/h6-9,13H,2-5,10-12H2,1H3. The van der Waals surface area contributed by atoms with E-state index >= 15 is 0 Å². The largest absolute Gasteiger partial charge is 0.494 e. The zero-order valence-electron chi connectivity index (χ0n) is 12.3. The average molecular weight is 332 g/mol. The molecule has 0 radical (unpaired) electrons. The second-order valence-electron chi connectivity index (χ2n) is 5.26. The zero-order chi connectivity index (χ0) is 15.3. The first kappa shape index (κ1) is 16.6. The van der Waals surface area contributed by atoms with E-state index in [1.54, 1.807) is 28.6 Å². The molecule has 1 aromatic rings. The molecule has 1 aliphatic carbocycles. The van der Waals surface area contributed by atoms with Gasteiger partial charge in [-0.3, -0.25) is 0 Å². The summed E-state index contributed by atoms with van der Waals surface area (Å²) in [5, 5.41) is 0. The maximum Gasteiger partial charge on any atom is 0.243 e. The van der Waals surface area contributed by atoms with Gasteiger partial charge in [0.25, 0.3) is 0 Å². The van der Waals surface area contributed by atoms with E-state index in [-0.39, 0.29) is 0 Å². The van der Waals surface area contributed by atoms with Gasteiger partial charge in [-0.15, -0.1) is 11.6 Å². The number of nitrogens with zero attached hydrogens (tertiary/aromatic N) is 1. The molecule has 0 N–H and O–H groups in total. The molecule has 1 aromatic carbocycles. The topological polar surface area (TPSA) is 46.6 Å². The fourth-order valence-electron chi connectivity index (χ4n) is 2.09. The lowest BCUT2D eigenvalue weighted by Gasteiger charge is -2.20. The third-order valence-electron chi connectivity index (χ3n) is 3.52. The van der Waals surface area contributed by atoms with Crippen molar-refractivity contribution in [2.24, 2.45) is 5.92 Å². The Morgan fingerprint density at radius 1 is 1.29 bits per heavy atom. The number of benzene rings is 1. The molecule has 0 aliphatic heterocycles. The number of alkyl halides is 1. The third kappa shape index (κ3) is 4.59. The van der Waals surface area contributed by atoms with Crippen LogP contribution in [0, 0.1) is 5.92 Å². The van der Waals surface area contributed by atoms with Gasteiger partial charge < -0.3 is 4.74 Å². The molecule has 6 heteroatoms. The minimum Gasteiger partial charge on any atom is -0.494 e. The third-order valence-corrected chi connectivity index (χ3v) is 5.74. The van der Waals surface area contributed by atoms with Gasteiger partial charge in [0.15, 0.2) is 0 Å². The van der Waals surface area contributed by atoms with Crippen molar-refractivity contribution in [1.82, 2.24) is 4.31 Å². The van der Waals surface area contributed by atoms with Gasteiger partial charge in [0.1, 0.15) is 5.75 Å². The first-order valence-electron chi connectivity index (χ1n) is 7.37. The number of rotatable bonds is 9. The SMILES string of the molecule is CCN(CC1CC1)S(=O)(=O)c1ccc(OCCCCl)cc1. The summed E-state index contributed by atoms with van der Waals surface area (Å²) in [5.74, 6) is 1.77. The van der Waals surface area contributed by atoms with Gasteiger partial charge in [0.2, 0.25) is 10.0 Å². The number of hydrogen-bond acceptors (Lipinski definition) is 3. The highest BCUT2D eigenvalue weighted by atomic mass is 35.5. The van der Waals surface area contributed by atoms with E-state index < -0.39 is 10.0 Å². The Labute approximate surface area is 132 Å². The summed E-state index contributed by atoms with van der Waals surface area (Å²) in [5.41, 5.74) is 0. The molecular formula is C15H22ClNO3S. The molecule has 4 nitrogen and oxygen atoms in total. The second-order valence-corrected chi connectivity index (χ2v) is 7.58. The van der Waals surface area contributed by atoms with Gasteiger partial charge in [-0.2, -0.15) is 4.31 Å². The monoisotopic (exact) mass is 331 g/mol. The van der Waals surface area contributed by atoms with Crippen molar-refractivity contribution in [2.75, 3.05) is 25.6 Å². The molecule has 1 fully saturated rings. The number of ether oxygens (including phenoxy) is 1. The Kier molecular flexibility index (Phi) is 5.90. The summed E-state index contributed by atoms with van der Waals surface area (Å²) in [6.45, 7) is 3.56. The fourth-order valence-corrected chi connectivity index (χ4v) is 3.72. The predicted octanol–water partition coefficient (Wildman–Crippen LogP) is 3.11. The van der Waals surface area contributed by atoms with Crippen LogP contribution in [0.2, 0.25) is 0 Å². The lowest BCUT2D eigenvalue weighted by Crippen LogP contribution is -2.32. The Balaban J connectivity index is 2.04. The quantitative estimate of drug-likeness (QED) is 0.516. The molecule has 0 saturated heterocycles. The van der Waals surface area contributed by atoms with Crippen molar-refractivity contribution >= 4 is 21.6 Å². The lowest BCUT2D eigenvalue weighted by atomic mass is 10.3. The summed E-state index contributed by atoms with van der Waals surface area (Å²) in [6.07, 6.45) is 3.05. The zero-order valence-corrected chi connectivity index (χ0v) is 13.9. The van der Waals surface area contributed by atoms with E-state index in [4.69, 9.17) is 16.3 Å². The van der Waals surface area contributed by atoms with Crippen LogP contribution in [-0.4, -0.2) is 38.3 Å². The van der Waals surface area contributed by atoms with Gasteiger partial charge in [-0.1, -0.05) is 6.92 Å². The van der Waals surface area contributed by atoms with Crippen LogP contribution in [0.15, 0.2) is 29.2 Å². The highest BCUT2D eigenvalue weighted by Gasteiger charge is 2.30. The maximum atomic E-state index is 12.6. The highest BCUT2D eigenvalue weighted by molar-refractivity contribution is 7.89. The van der Waals surface area contributed by atoms with Crippen LogP contribution in [-0.2, 0) is 10.0 Å². The Hall–Kier alpha value is -0.780. The van der Waals surface area contributed by atoms with Crippen LogP contribution >= 0.6 is 11.6 Å². The van der Waals surface area contributed by atoms with Crippen LogP contribution in [0.25, 0.3) is 0 Å². The summed E-state index contributed by atoms with van der Waals surface area (Å²) >= 11 is 5.59. The Morgan fingerprint density at radius 2 is 1.95 bits per heavy atom. The van der Waals surface area contributed by atoms with Gasteiger partial charge in [0, 0.05) is 19.0 Å². The molecule has 1 saturated carbocycles. The van der Waals surface area contributed by atoms with E-state index in [0.717, 1.165) is 19.3 Å². The van der Waals surface area contributed by atoms with Crippen LogP contribution in [0.4, 0.5) is 0 Å². The van der Waals surface area contributed by atoms with E-state index in [1.165, 1.54) is 0 Å². The summed E-state index contributed by atoms with van der Waals surface area (Å²) in [7, 11) is -3.39. The second kappa shape index (κ2) is 7.47. The molecule has 118 valence electrons. The van der Waals surface area contributed by atoms with Gasteiger partial charge >= 0.3 is 0 Å². The van der Waals surface area contributed by atoms with E-state index in [9.17, 15) is 8.42 Å². The molecule has 0 unspecified atom stereocenters. The van der Waals surface area contributed by atoms with Gasteiger partial charge in [-0.05, 0) is 49.4 Å². The van der Waals surface area contributed by atoms with Crippen LogP contribution < -0.4 is 4.74 Å². The summed E-state index contributed by atoms with van der Waals surface area (Å²) in [4.78, 5) is 0.328. The molecule has 0 bridgehead atoms. The minimum atomic E-state index is -3.39. The number of halogens is 1. The van der Waals surface area contributed by atoms with Gasteiger partial charge in [0.05, 0.1) is 11.5 Å². The van der Waals surface area contributed by atoms with Gasteiger partial charge in [-0.25, -0.2) is 8.42 Å².